The Bertz CT molecular complexity index is 2390. The van der Waals surface area contributed by atoms with Crippen LogP contribution in [0.3, 0.4) is 0 Å². The van der Waals surface area contributed by atoms with E-state index < -0.39 is 0 Å². The Hall–Kier alpha value is -6.36. The third kappa shape index (κ3) is 6.80. The fourth-order valence-corrected chi connectivity index (χ4v) is 7.17. The number of nitrogens with zero attached hydrogens (tertiary/aromatic N) is 4. The van der Waals surface area contributed by atoms with Crippen molar-refractivity contribution in [3.05, 3.63) is 167 Å². The number of benzene rings is 7. The highest BCUT2D eigenvalue weighted by atomic mass is 15.2. The fraction of sp³-hybridized carbons (Fsp3) is 0.200. The van der Waals surface area contributed by atoms with E-state index in [1.165, 1.54) is 22.3 Å². The third-order valence-corrected chi connectivity index (χ3v) is 10.3. The lowest BCUT2D eigenvalue weighted by Crippen LogP contribution is -2.17. The first-order valence-electron chi connectivity index (χ1n) is 18.6. The Morgan fingerprint density at radius 2 is 0.685 bits per heavy atom. The smallest absolute Gasteiger partial charge is 0.0991 e. The topological polar surface area (TPSA) is 54.1 Å². The van der Waals surface area contributed by atoms with Crippen molar-refractivity contribution in [2.75, 3.05) is 9.80 Å². The molecule has 4 nitrogen and oxygen atoms in total. The highest BCUT2D eigenvalue weighted by Gasteiger charge is 2.28. The van der Waals surface area contributed by atoms with Crippen LogP contribution in [0.15, 0.2) is 133 Å². The van der Waals surface area contributed by atoms with E-state index in [-0.39, 0.29) is 10.8 Å². The van der Waals surface area contributed by atoms with E-state index in [1.807, 2.05) is 24.3 Å². The van der Waals surface area contributed by atoms with Crippen LogP contribution >= 0.6 is 0 Å². The number of anilines is 6. The first-order valence-corrected chi connectivity index (χ1v) is 18.6. The maximum absolute atomic E-state index is 9.74. The first-order chi connectivity index (χ1) is 25.8. The number of aryl methyl sites for hydroxylation is 2. The van der Waals surface area contributed by atoms with Crippen LogP contribution in [0.1, 0.15) is 74.9 Å². The molecule has 0 atom stereocenters. The van der Waals surface area contributed by atoms with E-state index in [0.717, 1.165) is 55.7 Å². The molecule has 0 amide bonds. The average molecular weight is 703 g/mol. The lowest BCUT2D eigenvalue weighted by atomic mass is 9.82. The second-order valence-electron chi connectivity index (χ2n) is 16.4. The summed E-state index contributed by atoms with van der Waals surface area (Å²) in [5.74, 6) is 0. The summed E-state index contributed by atoms with van der Waals surface area (Å²) in [6.45, 7) is 17.8. The minimum absolute atomic E-state index is 0.108. The molecule has 54 heavy (non-hydrogen) atoms. The standard InChI is InChI=1S/C50H46N4/c1-33-9-19-39(20-10-33)53(41-23-13-35(31-51)14-24-41)47-43-27-17-38(50(6,7)8)30-46(43)48(44-28-18-37(29-45(44)47)49(3,4)5)54(40-21-11-34(2)12-22-40)42-25-15-36(32-52)16-26-42/h9-30H,1-8H3. The number of rotatable bonds is 6. The molecule has 0 N–H and O–H groups in total. The molecule has 7 aromatic rings. The molecule has 0 unspecified atom stereocenters. The van der Waals surface area contributed by atoms with E-state index in [4.69, 9.17) is 0 Å². The van der Waals surface area contributed by atoms with Crippen LogP contribution < -0.4 is 9.80 Å². The molecule has 0 radical (unpaired) electrons. The molecule has 0 saturated carbocycles. The van der Waals surface area contributed by atoms with Crippen molar-refractivity contribution < 1.29 is 0 Å². The average Bonchev–Trinajstić information content (AvgIpc) is 3.16. The van der Waals surface area contributed by atoms with E-state index in [0.29, 0.717) is 11.1 Å². The largest absolute Gasteiger partial charge is 0.309 e. The summed E-state index contributed by atoms with van der Waals surface area (Å²) in [6.07, 6.45) is 0. The van der Waals surface area contributed by atoms with Gasteiger partial charge in [-0.25, -0.2) is 0 Å². The van der Waals surface area contributed by atoms with Crippen LogP contribution in [0.2, 0.25) is 0 Å². The van der Waals surface area contributed by atoms with Crippen molar-refractivity contribution in [3.63, 3.8) is 0 Å². The quantitative estimate of drug-likeness (QED) is 0.128. The highest BCUT2D eigenvalue weighted by molar-refractivity contribution is 6.23. The fourth-order valence-electron chi connectivity index (χ4n) is 7.17. The summed E-state index contributed by atoms with van der Waals surface area (Å²) in [6, 6.07) is 51.7. The van der Waals surface area contributed by atoms with Gasteiger partial charge in [0, 0.05) is 44.3 Å². The van der Waals surface area contributed by atoms with Gasteiger partial charge in [-0.2, -0.15) is 10.5 Å². The van der Waals surface area contributed by atoms with Gasteiger partial charge in [-0.05, 0) is 121 Å². The van der Waals surface area contributed by atoms with Crippen molar-refractivity contribution >= 4 is 55.7 Å². The Morgan fingerprint density at radius 3 is 0.963 bits per heavy atom. The Kier molecular flexibility index (Phi) is 9.26. The summed E-state index contributed by atoms with van der Waals surface area (Å²) in [4.78, 5) is 4.71. The molecule has 7 rings (SSSR count). The predicted molar refractivity (Wildman–Crippen MR) is 227 cm³/mol. The molecule has 0 spiro atoms. The van der Waals surface area contributed by atoms with Crippen molar-refractivity contribution in [3.8, 4) is 12.1 Å². The molecular formula is C50H46N4. The minimum Gasteiger partial charge on any atom is -0.309 e. The molecule has 0 aromatic heterocycles. The zero-order valence-corrected chi connectivity index (χ0v) is 32.5. The predicted octanol–water partition coefficient (Wildman–Crippen LogP) is 13.9. The van der Waals surface area contributed by atoms with Gasteiger partial charge in [0.15, 0.2) is 0 Å². The van der Waals surface area contributed by atoms with Gasteiger partial charge in [0.1, 0.15) is 0 Å². The lowest BCUT2D eigenvalue weighted by molar-refractivity contribution is 0.590. The molecule has 266 valence electrons. The lowest BCUT2D eigenvalue weighted by Gasteiger charge is -2.34. The molecule has 0 aliphatic carbocycles. The Balaban J connectivity index is 1.71. The molecule has 0 aliphatic rings. The second-order valence-corrected chi connectivity index (χ2v) is 16.4. The number of hydrogen-bond acceptors (Lipinski definition) is 4. The second kappa shape index (κ2) is 13.9. The van der Waals surface area contributed by atoms with Crippen molar-refractivity contribution in [1.82, 2.24) is 0 Å². The van der Waals surface area contributed by atoms with Gasteiger partial charge >= 0.3 is 0 Å². The van der Waals surface area contributed by atoms with Gasteiger partial charge in [0.25, 0.3) is 0 Å². The van der Waals surface area contributed by atoms with Crippen LogP contribution in [0.4, 0.5) is 34.1 Å². The number of nitriles is 2. The molecule has 0 aliphatic heterocycles. The van der Waals surface area contributed by atoms with Crippen LogP contribution in [-0.2, 0) is 10.8 Å². The van der Waals surface area contributed by atoms with Gasteiger partial charge in [-0.3, -0.25) is 0 Å². The van der Waals surface area contributed by atoms with Crippen LogP contribution in [-0.4, -0.2) is 0 Å². The molecular weight excluding hydrogens is 657 g/mol. The monoisotopic (exact) mass is 702 g/mol. The van der Waals surface area contributed by atoms with Gasteiger partial charge in [0.05, 0.1) is 34.6 Å². The van der Waals surface area contributed by atoms with E-state index >= 15 is 0 Å². The van der Waals surface area contributed by atoms with Crippen molar-refractivity contribution in [2.45, 2.75) is 66.2 Å². The molecule has 4 heteroatoms. The van der Waals surface area contributed by atoms with E-state index in [2.05, 4.69) is 187 Å². The van der Waals surface area contributed by atoms with Gasteiger partial charge in [-0.1, -0.05) is 101 Å². The summed E-state index contributed by atoms with van der Waals surface area (Å²) in [7, 11) is 0. The van der Waals surface area contributed by atoms with Crippen molar-refractivity contribution in [1.29, 1.82) is 10.5 Å². The summed E-state index contributed by atoms with van der Waals surface area (Å²) < 4.78 is 0. The van der Waals surface area contributed by atoms with Crippen LogP contribution in [0.25, 0.3) is 21.5 Å². The van der Waals surface area contributed by atoms with Crippen molar-refractivity contribution in [2.24, 2.45) is 0 Å². The summed E-state index contributed by atoms with van der Waals surface area (Å²) in [5.41, 5.74) is 12.0. The van der Waals surface area contributed by atoms with Crippen LogP contribution in [0.5, 0.6) is 0 Å². The number of fused-ring (bicyclic) bond motifs is 2. The molecule has 0 heterocycles. The van der Waals surface area contributed by atoms with Crippen LogP contribution in [0, 0.1) is 36.5 Å². The van der Waals surface area contributed by atoms with Gasteiger partial charge in [-0.15, -0.1) is 0 Å². The highest BCUT2D eigenvalue weighted by Crippen LogP contribution is 2.52. The Morgan fingerprint density at radius 1 is 0.389 bits per heavy atom. The van der Waals surface area contributed by atoms with Gasteiger partial charge < -0.3 is 9.80 Å². The zero-order valence-electron chi connectivity index (χ0n) is 32.5. The maximum Gasteiger partial charge on any atom is 0.0991 e. The normalized spacial score (nSPS) is 11.7. The summed E-state index contributed by atoms with van der Waals surface area (Å²) >= 11 is 0. The summed E-state index contributed by atoms with van der Waals surface area (Å²) in [5, 5.41) is 23.9. The Labute approximate surface area is 320 Å². The first kappa shape index (κ1) is 36.0. The molecule has 7 aromatic carbocycles. The van der Waals surface area contributed by atoms with E-state index in [9.17, 15) is 10.5 Å². The molecule has 0 bridgehead atoms. The minimum atomic E-state index is -0.108. The number of hydrogen-bond donors (Lipinski definition) is 0. The zero-order chi connectivity index (χ0) is 38.4. The van der Waals surface area contributed by atoms with E-state index in [1.54, 1.807) is 0 Å². The maximum atomic E-state index is 9.74. The molecule has 0 saturated heterocycles. The molecule has 0 fully saturated rings. The third-order valence-electron chi connectivity index (χ3n) is 10.3. The SMILES string of the molecule is Cc1ccc(N(c2ccc(C#N)cc2)c2c3ccc(C(C)(C)C)cc3c(N(c3ccc(C)cc3)c3ccc(C#N)cc3)c3ccc(C(C)(C)C)cc23)cc1. The van der Waals surface area contributed by atoms with Gasteiger partial charge in [0.2, 0.25) is 0 Å².